The van der Waals surface area contributed by atoms with Crippen molar-refractivity contribution < 1.29 is 26.3 Å². The van der Waals surface area contributed by atoms with Crippen molar-refractivity contribution in [2.45, 2.75) is 31.0 Å². The summed E-state index contributed by atoms with van der Waals surface area (Å²) in [4.78, 5) is 12.1. The molecule has 0 bridgehead atoms. The first-order valence-corrected chi connectivity index (χ1v) is 11.3. The lowest BCUT2D eigenvalue weighted by Crippen LogP contribution is -2.23. The topological polar surface area (TPSA) is 110 Å². The van der Waals surface area contributed by atoms with Crippen molar-refractivity contribution in [2.75, 3.05) is 19.4 Å². The highest BCUT2D eigenvalue weighted by molar-refractivity contribution is 7.89. The summed E-state index contributed by atoms with van der Waals surface area (Å²) in [6.45, 7) is 3.22. The van der Waals surface area contributed by atoms with E-state index in [4.69, 9.17) is 4.74 Å². The van der Waals surface area contributed by atoms with Crippen LogP contribution in [0, 0.1) is 0 Å². The van der Waals surface area contributed by atoms with Gasteiger partial charge in [-0.15, -0.1) is 0 Å². The van der Waals surface area contributed by atoms with Gasteiger partial charge in [-0.2, -0.15) is 22.5 Å². The molecule has 0 spiro atoms. The summed E-state index contributed by atoms with van der Waals surface area (Å²) in [6.07, 6.45) is -2.76. The highest BCUT2D eigenvalue weighted by Crippen LogP contribution is 2.38. The Kier molecular flexibility index (Phi) is 6.67. The Morgan fingerprint density at radius 3 is 2.56 bits per heavy atom. The van der Waals surface area contributed by atoms with E-state index in [1.54, 1.807) is 13.8 Å². The molecule has 0 aliphatic carbocycles. The number of hydrogen-bond donors (Lipinski definition) is 1. The number of aromatic nitrogens is 4. The number of rotatable bonds is 7. The molecule has 3 heterocycles. The summed E-state index contributed by atoms with van der Waals surface area (Å²) in [6, 6.07) is 3.65. The maximum Gasteiger partial charge on any atom is 0.420 e. The SMILES string of the molecule is CC(C)Oc1cnc(-c2nsc(Nc3ncccc3S(=O)(=O)N(C)C)n2)cc1C(F)(F)F. The van der Waals surface area contributed by atoms with Gasteiger partial charge in [-0.3, -0.25) is 0 Å². The maximum atomic E-state index is 13.5. The molecule has 0 amide bonds. The first-order chi connectivity index (χ1) is 14.9. The Hall–Kier alpha value is -2.84. The van der Waals surface area contributed by atoms with E-state index in [1.807, 2.05) is 0 Å². The van der Waals surface area contributed by atoms with Crippen LogP contribution in [0.1, 0.15) is 19.4 Å². The van der Waals surface area contributed by atoms with Crippen molar-refractivity contribution >= 4 is 32.5 Å². The molecule has 0 unspecified atom stereocenters. The summed E-state index contributed by atoms with van der Waals surface area (Å²) in [7, 11) is -1.03. The lowest BCUT2D eigenvalue weighted by atomic mass is 10.2. The van der Waals surface area contributed by atoms with Crippen molar-refractivity contribution in [3.8, 4) is 17.3 Å². The quantitative estimate of drug-likeness (QED) is 0.535. The second-order valence-corrected chi connectivity index (χ2v) is 9.79. The van der Waals surface area contributed by atoms with Gasteiger partial charge in [-0.05, 0) is 32.0 Å². The Bertz CT molecular complexity index is 1210. The number of halogens is 3. The van der Waals surface area contributed by atoms with Crippen LogP contribution in [0.4, 0.5) is 24.1 Å². The number of pyridine rings is 2. The number of nitrogens with one attached hydrogen (secondary N) is 1. The third-order valence-corrected chi connectivity index (χ3v) is 6.42. The molecular weight excluding hydrogens is 469 g/mol. The van der Waals surface area contributed by atoms with Gasteiger partial charge in [-0.25, -0.2) is 22.7 Å². The van der Waals surface area contributed by atoms with Crippen LogP contribution in [0.3, 0.4) is 0 Å². The summed E-state index contributed by atoms with van der Waals surface area (Å²) >= 11 is 0.822. The molecule has 0 radical (unpaired) electrons. The number of sulfonamides is 1. The van der Waals surface area contributed by atoms with Gasteiger partial charge in [0.25, 0.3) is 0 Å². The second-order valence-electron chi connectivity index (χ2n) is 6.92. The predicted molar refractivity (Wildman–Crippen MR) is 112 cm³/mol. The van der Waals surface area contributed by atoms with E-state index < -0.39 is 33.6 Å². The highest BCUT2D eigenvalue weighted by atomic mass is 32.2. The van der Waals surface area contributed by atoms with Crippen LogP contribution < -0.4 is 10.1 Å². The fraction of sp³-hybridized carbons (Fsp3) is 0.333. The van der Waals surface area contributed by atoms with Gasteiger partial charge in [0.1, 0.15) is 21.9 Å². The van der Waals surface area contributed by atoms with Gasteiger partial charge >= 0.3 is 6.18 Å². The average Bonchev–Trinajstić information content (AvgIpc) is 3.15. The van der Waals surface area contributed by atoms with Gasteiger partial charge in [0.15, 0.2) is 11.6 Å². The molecular formula is C18H19F3N6O3S2. The Balaban J connectivity index is 1.94. The molecule has 3 aromatic rings. The summed E-state index contributed by atoms with van der Waals surface area (Å²) in [5, 5.41) is 2.89. The minimum Gasteiger partial charge on any atom is -0.489 e. The molecule has 0 aromatic carbocycles. The third-order valence-electron chi connectivity index (χ3n) is 3.95. The van der Waals surface area contributed by atoms with Crippen molar-refractivity contribution in [3.63, 3.8) is 0 Å². The normalized spacial score (nSPS) is 12.4. The van der Waals surface area contributed by atoms with E-state index >= 15 is 0 Å². The molecule has 0 saturated heterocycles. The number of alkyl halides is 3. The first kappa shape index (κ1) is 23.8. The van der Waals surface area contributed by atoms with E-state index in [0.717, 1.165) is 28.1 Å². The molecule has 3 aromatic heterocycles. The third kappa shape index (κ3) is 5.14. The standard InChI is InChI=1S/C18H19F3N6O3S2/c1-10(2)30-13-9-23-12(8-11(13)18(19,20)21)15-24-17(31-26-15)25-16-14(6-5-7-22-16)32(28,29)27(3)4/h5-10H,1-4H3,(H,22,24,25,26). The second kappa shape index (κ2) is 8.96. The lowest BCUT2D eigenvalue weighted by molar-refractivity contribution is -0.139. The van der Waals surface area contributed by atoms with Gasteiger partial charge < -0.3 is 10.1 Å². The summed E-state index contributed by atoms with van der Waals surface area (Å²) < 4.78 is 75.7. The number of nitrogens with zero attached hydrogens (tertiary/aromatic N) is 5. The lowest BCUT2D eigenvalue weighted by Gasteiger charge is -2.16. The van der Waals surface area contributed by atoms with Crippen molar-refractivity contribution in [3.05, 3.63) is 36.2 Å². The van der Waals surface area contributed by atoms with E-state index in [2.05, 4.69) is 24.6 Å². The molecule has 0 atom stereocenters. The van der Waals surface area contributed by atoms with Gasteiger partial charge in [-0.1, -0.05) is 0 Å². The molecule has 172 valence electrons. The van der Waals surface area contributed by atoms with E-state index in [-0.39, 0.29) is 27.4 Å². The number of anilines is 2. The van der Waals surface area contributed by atoms with Crippen LogP contribution in [-0.2, 0) is 16.2 Å². The van der Waals surface area contributed by atoms with Crippen molar-refractivity contribution in [1.29, 1.82) is 0 Å². The zero-order chi connectivity index (χ0) is 23.7. The monoisotopic (exact) mass is 488 g/mol. The average molecular weight is 489 g/mol. The van der Waals surface area contributed by atoms with Gasteiger partial charge in [0, 0.05) is 31.8 Å². The van der Waals surface area contributed by atoms with Crippen LogP contribution in [0.15, 0.2) is 35.5 Å². The van der Waals surface area contributed by atoms with Gasteiger partial charge in [0.05, 0.1) is 12.3 Å². The minimum atomic E-state index is -4.66. The Morgan fingerprint density at radius 2 is 1.94 bits per heavy atom. The zero-order valence-electron chi connectivity index (χ0n) is 17.4. The van der Waals surface area contributed by atoms with E-state index in [0.29, 0.717) is 0 Å². The predicted octanol–water partition coefficient (Wildman–Crippen LogP) is 3.80. The van der Waals surface area contributed by atoms with Crippen LogP contribution in [0.5, 0.6) is 5.75 Å². The zero-order valence-corrected chi connectivity index (χ0v) is 19.0. The molecule has 32 heavy (non-hydrogen) atoms. The summed E-state index contributed by atoms with van der Waals surface area (Å²) in [5.41, 5.74) is -1.11. The Labute approximate surface area is 186 Å². The summed E-state index contributed by atoms with van der Waals surface area (Å²) in [5.74, 6) is -0.447. The number of hydrogen-bond acceptors (Lipinski definition) is 9. The fourth-order valence-electron chi connectivity index (χ4n) is 2.50. The van der Waals surface area contributed by atoms with Crippen LogP contribution in [-0.4, -0.2) is 52.2 Å². The molecule has 0 fully saturated rings. The highest BCUT2D eigenvalue weighted by Gasteiger charge is 2.36. The maximum absolute atomic E-state index is 13.5. The fourth-order valence-corrected chi connectivity index (χ4v) is 4.07. The van der Waals surface area contributed by atoms with Crippen molar-refractivity contribution in [1.82, 2.24) is 23.6 Å². The van der Waals surface area contributed by atoms with Crippen LogP contribution in [0.25, 0.3) is 11.5 Å². The van der Waals surface area contributed by atoms with E-state index in [9.17, 15) is 21.6 Å². The minimum absolute atomic E-state index is 0.00789. The first-order valence-electron chi connectivity index (χ1n) is 9.12. The largest absolute Gasteiger partial charge is 0.489 e. The van der Waals surface area contributed by atoms with Gasteiger partial charge in [0.2, 0.25) is 15.2 Å². The van der Waals surface area contributed by atoms with Crippen LogP contribution >= 0.6 is 11.5 Å². The van der Waals surface area contributed by atoms with E-state index in [1.165, 1.54) is 32.4 Å². The molecule has 0 aliphatic rings. The van der Waals surface area contributed by atoms with Crippen molar-refractivity contribution in [2.24, 2.45) is 0 Å². The molecule has 0 aliphatic heterocycles. The molecule has 0 saturated carbocycles. The molecule has 3 rings (SSSR count). The molecule has 14 heteroatoms. The molecule has 1 N–H and O–H groups in total. The Morgan fingerprint density at radius 1 is 1.22 bits per heavy atom. The molecule has 9 nitrogen and oxygen atoms in total. The smallest absolute Gasteiger partial charge is 0.420 e. The van der Waals surface area contributed by atoms with Crippen LogP contribution in [0.2, 0.25) is 0 Å². The number of ether oxygens (including phenoxy) is 1.